The number of aliphatic carboxylic acids is 1. The van der Waals surface area contributed by atoms with Gasteiger partial charge in [-0.25, -0.2) is 9.78 Å². The summed E-state index contributed by atoms with van der Waals surface area (Å²) in [6.45, 7) is 5.34. The third kappa shape index (κ3) is 2.93. The number of rotatable bonds is 6. The minimum atomic E-state index is -1.22. The molecule has 0 spiro atoms. The van der Waals surface area contributed by atoms with Crippen molar-refractivity contribution in [2.24, 2.45) is 11.3 Å². The van der Waals surface area contributed by atoms with Crippen LogP contribution < -0.4 is 0 Å². The number of hydrogen-bond acceptors (Lipinski definition) is 7. The van der Waals surface area contributed by atoms with Gasteiger partial charge in [-0.05, 0) is 25.8 Å². The maximum atomic E-state index is 13.0. The van der Waals surface area contributed by atoms with E-state index >= 15 is 0 Å². The number of carbonyl (C=O) groups excluding carboxylic acids is 1. The number of imidazole rings is 1. The summed E-state index contributed by atoms with van der Waals surface area (Å²) in [6, 6.07) is 5.54. The summed E-state index contributed by atoms with van der Waals surface area (Å²) >= 11 is 1.47. The van der Waals surface area contributed by atoms with Crippen molar-refractivity contribution < 1.29 is 24.7 Å². The number of carbonyl (C=O) groups is 2. The van der Waals surface area contributed by atoms with Gasteiger partial charge in [-0.1, -0.05) is 19.1 Å². The Morgan fingerprint density at radius 3 is 2.62 bits per heavy atom. The van der Waals surface area contributed by atoms with Crippen LogP contribution in [0.3, 0.4) is 0 Å². The number of carboxylic acid groups (broad SMARTS) is 1. The molecule has 2 aromatic heterocycles. The van der Waals surface area contributed by atoms with Crippen LogP contribution in [0.2, 0.25) is 0 Å². The number of hydrogen-bond donors (Lipinski definition) is 2. The fourth-order valence-electron chi connectivity index (χ4n) is 5.59. The first kappa shape index (κ1) is 22.2. The molecule has 176 valence electrons. The van der Waals surface area contributed by atoms with Crippen LogP contribution in [-0.2, 0) is 16.0 Å². The lowest BCUT2D eigenvalue weighted by molar-refractivity contribution is -0.384. The maximum absolute atomic E-state index is 13.0. The number of aliphatic hydroxyl groups excluding tert-OH is 1. The van der Waals surface area contributed by atoms with E-state index in [9.17, 15) is 29.9 Å². The monoisotopic (exact) mass is 482 g/mol. The summed E-state index contributed by atoms with van der Waals surface area (Å²) in [7, 11) is 0. The Balaban J connectivity index is 1.74. The van der Waals surface area contributed by atoms with E-state index in [0.717, 1.165) is 15.3 Å². The van der Waals surface area contributed by atoms with E-state index in [0.29, 0.717) is 17.7 Å². The number of nitrogens with zero attached hydrogens (tertiary/aromatic N) is 4. The first-order chi connectivity index (χ1) is 16.1. The molecule has 11 heteroatoms. The molecule has 2 aliphatic rings. The summed E-state index contributed by atoms with van der Waals surface area (Å²) in [5.41, 5.74) is 0.914. The number of carboxylic acids is 1. The summed E-state index contributed by atoms with van der Waals surface area (Å²) < 4.78 is 1.83. The molecule has 34 heavy (non-hydrogen) atoms. The number of amides is 1. The van der Waals surface area contributed by atoms with Crippen LogP contribution in [0.15, 0.2) is 42.5 Å². The zero-order chi connectivity index (χ0) is 24.5. The Morgan fingerprint density at radius 1 is 1.35 bits per heavy atom. The Hall–Kier alpha value is -3.57. The second kappa shape index (κ2) is 7.47. The Bertz CT molecular complexity index is 1390. The first-order valence-electron chi connectivity index (χ1n) is 10.7. The summed E-state index contributed by atoms with van der Waals surface area (Å²) in [5.74, 6) is -2.40. The highest BCUT2D eigenvalue weighted by atomic mass is 32.1. The number of β-lactam (4-membered cyclic amide) rings is 1. The van der Waals surface area contributed by atoms with Gasteiger partial charge in [0.25, 0.3) is 5.69 Å². The van der Waals surface area contributed by atoms with E-state index < -0.39 is 40.3 Å². The van der Waals surface area contributed by atoms with Gasteiger partial charge in [-0.3, -0.25) is 19.3 Å². The molecule has 1 saturated heterocycles. The number of nitro benzene ring substituents is 1. The lowest BCUT2D eigenvalue weighted by Crippen LogP contribution is -2.66. The Kier molecular flexibility index (Phi) is 4.88. The predicted octanol–water partition coefficient (Wildman–Crippen LogP) is 2.88. The molecule has 4 atom stereocenters. The topological polar surface area (TPSA) is 138 Å². The highest BCUT2D eigenvalue weighted by Crippen LogP contribution is 2.59. The van der Waals surface area contributed by atoms with Crippen molar-refractivity contribution in [1.82, 2.24) is 14.3 Å². The lowest BCUT2D eigenvalue weighted by atomic mass is 9.64. The van der Waals surface area contributed by atoms with Gasteiger partial charge in [-0.2, -0.15) is 0 Å². The summed E-state index contributed by atoms with van der Waals surface area (Å²) in [5, 5.41) is 31.8. The van der Waals surface area contributed by atoms with E-state index in [1.54, 1.807) is 24.7 Å². The second-order valence-electron chi connectivity index (χ2n) is 9.07. The largest absolute Gasteiger partial charge is 0.477 e. The molecule has 2 N–H and O–H groups in total. The van der Waals surface area contributed by atoms with E-state index in [1.807, 2.05) is 18.2 Å². The number of aromatic nitrogens is 2. The number of benzene rings is 1. The van der Waals surface area contributed by atoms with Gasteiger partial charge >= 0.3 is 5.97 Å². The SMILES string of the molecule is Cc1sc2cncn2c1C1=C(C(=O)O)N2C(=O)[C@H]([C@@H](C)O)[C@@H]2[C@@]1(C)Cc1ccc([N+](=O)[O-])cc1. The van der Waals surface area contributed by atoms with Crippen LogP contribution in [0.25, 0.3) is 10.4 Å². The quantitative estimate of drug-likeness (QED) is 0.313. The molecule has 0 radical (unpaired) electrons. The third-order valence-electron chi connectivity index (χ3n) is 6.96. The molecule has 0 aliphatic carbocycles. The normalized spacial score (nSPS) is 24.9. The van der Waals surface area contributed by atoms with Gasteiger partial charge in [-0.15, -0.1) is 11.3 Å². The molecule has 2 aliphatic heterocycles. The van der Waals surface area contributed by atoms with Crippen LogP contribution in [0.5, 0.6) is 0 Å². The highest BCUT2D eigenvalue weighted by Gasteiger charge is 2.66. The minimum absolute atomic E-state index is 0.0431. The van der Waals surface area contributed by atoms with Crippen LogP contribution in [0.1, 0.15) is 30.0 Å². The standard InChI is InChI=1S/C23H22N4O6S/c1-11(28)16-20-23(3,8-13-4-6-14(7-5-13)27(32)33)17(19(22(30)31)26(20)21(16)29)18-12(2)34-15-9-24-10-25(15)18/h4-7,9-11,16,20,28H,8H2,1-3H3,(H,30,31)/t11-,16-,20-,23+/m1/s1. The van der Waals surface area contributed by atoms with E-state index in [1.165, 1.54) is 35.3 Å². The molecule has 1 aromatic carbocycles. The summed E-state index contributed by atoms with van der Waals surface area (Å²) in [4.78, 5) is 43.4. The van der Waals surface area contributed by atoms with Crippen molar-refractivity contribution in [3.63, 3.8) is 0 Å². The van der Waals surface area contributed by atoms with Crippen LogP contribution in [0.4, 0.5) is 5.69 Å². The van der Waals surface area contributed by atoms with Crippen molar-refractivity contribution >= 4 is 39.3 Å². The van der Waals surface area contributed by atoms with Gasteiger partial charge in [0, 0.05) is 28.0 Å². The molecular weight excluding hydrogens is 460 g/mol. The van der Waals surface area contributed by atoms with Crippen molar-refractivity contribution in [2.75, 3.05) is 0 Å². The Labute approximate surface area is 197 Å². The summed E-state index contributed by atoms with van der Waals surface area (Å²) in [6.07, 6.45) is 2.68. The molecule has 1 fully saturated rings. The van der Waals surface area contributed by atoms with Crippen LogP contribution in [0, 0.1) is 28.4 Å². The number of aryl methyl sites for hydroxylation is 1. The molecule has 4 heterocycles. The minimum Gasteiger partial charge on any atom is -0.477 e. The molecular formula is C23H22N4O6S. The number of nitro groups is 1. The molecule has 10 nitrogen and oxygen atoms in total. The van der Waals surface area contributed by atoms with Gasteiger partial charge in [0.05, 0.1) is 34.9 Å². The molecule has 5 rings (SSSR count). The average Bonchev–Trinajstić information content (AvgIpc) is 3.37. The Morgan fingerprint density at radius 2 is 2.03 bits per heavy atom. The van der Waals surface area contributed by atoms with E-state index in [2.05, 4.69) is 4.98 Å². The third-order valence-corrected chi connectivity index (χ3v) is 7.97. The smallest absolute Gasteiger partial charge is 0.353 e. The van der Waals surface area contributed by atoms with E-state index in [4.69, 9.17) is 0 Å². The van der Waals surface area contributed by atoms with Gasteiger partial charge in [0.1, 0.15) is 16.9 Å². The molecule has 3 aromatic rings. The highest BCUT2D eigenvalue weighted by molar-refractivity contribution is 7.17. The zero-order valence-corrected chi connectivity index (χ0v) is 19.4. The van der Waals surface area contributed by atoms with Gasteiger partial charge in [0.15, 0.2) is 0 Å². The lowest BCUT2D eigenvalue weighted by Gasteiger charge is -2.51. The molecule has 0 saturated carbocycles. The number of thiazole rings is 1. The van der Waals surface area contributed by atoms with Crippen molar-refractivity contribution in [2.45, 2.75) is 39.3 Å². The maximum Gasteiger partial charge on any atom is 0.353 e. The fourth-order valence-corrected chi connectivity index (χ4v) is 6.55. The van der Waals surface area contributed by atoms with Crippen LogP contribution >= 0.6 is 11.3 Å². The average molecular weight is 483 g/mol. The first-order valence-corrected chi connectivity index (χ1v) is 11.5. The van der Waals surface area contributed by atoms with E-state index in [-0.39, 0.29) is 11.4 Å². The molecule has 0 unspecified atom stereocenters. The molecule has 1 amide bonds. The predicted molar refractivity (Wildman–Crippen MR) is 123 cm³/mol. The fraction of sp³-hybridized carbons (Fsp3) is 0.348. The number of non-ortho nitro benzene ring substituents is 1. The number of aliphatic hydroxyl groups is 1. The van der Waals surface area contributed by atoms with Crippen LogP contribution in [-0.4, -0.2) is 53.4 Å². The van der Waals surface area contributed by atoms with Gasteiger partial charge in [0.2, 0.25) is 5.91 Å². The van der Waals surface area contributed by atoms with Crippen molar-refractivity contribution in [1.29, 1.82) is 0 Å². The van der Waals surface area contributed by atoms with Gasteiger partial charge < -0.3 is 15.1 Å². The van der Waals surface area contributed by atoms with Crippen molar-refractivity contribution in [3.05, 3.63) is 68.7 Å². The second-order valence-corrected chi connectivity index (χ2v) is 10.3. The zero-order valence-electron chi connectivity index (χ0n) is 18.6. The molecule has 0 bridgehead atoms. The number of fused-ring (bicyclic) bond motifs is 2. The van der Waals surface area contributed by atoms with Crippen molar-refractivity contribution in [3.8, 4) is 0 Å².